The van der Waals surface area contributed by atoms with E-state index in [1.54, 1.807) is 27.7 Å². The average molecular weight is 382 g/mol. The molecule has 0 aromatic carbocycles. The molecule has 1 heterocycles. The third kappa shape index (κ3) is 5.66. The topological polar surface area (TPSA) is 101 Å². The van der Waals surface area contributed by atoms with E-state index in [1.165, 1.54) is 6.07 Å². The van der Waals surface area contributed by atoms with Gasteiger partial charge in [-0.2, -0.15) is 0 Å². The molecule has 0 saturated carbocycles. The molecule has 138 valence electrons. The minimum absolute atomic E-state index is 0.0229. The van der Waals surface area contributed by atoms with Crippen molar-refractivity contribution < 1.29 is 36.4 Å². The maximum absolute atomic E-state index is 12.5. The molecule has 0 bridgehead atoms. The lowest BCUT2D eigenvalue weighted by Crippen LogP contribution is -2.06. The van der Waals surface area contributed by atoms with E-state index in [0.717, 1.165) is 6.26 Å². The highest BCUT2D eigenvalue weighted by Crippen LogP contribution is 2.53. The molecular formula is C14H24O8P2. The standard InChI is InChI=1S/C14H24O8P2/c1-5-19-23(16,20-6-2)11-13-9-12(10-18-13)14(15)24(17,21-7-3)22-8-4/h9-10H,5-8,11H2,1-4H3. The van der Waals surface area contributed by atoms with Gasteiger partial charge in [0.2, 0.25) is 0 Å². The molecule has 0 amide bonds. The van der Waals surface area contributed by atoms with E-state index >= 15 is 0 Å². The van der Waals surface area contributed by atoms with E-state index in [9.17, 15) is 13.9 Å². The van der Waals surface area contributed by atoms with E-state index in [2.05, 4.69) is 0 Å². The highest BCUT2D eigenvalue weighted by atomic mass is 31.2. The fourth-order valence-corrected chi connectivity index (χ4v) is 4.95. The highest BCUT2D eigenvalue weighted by molar-refractivity contribution is 7.72. The third-order valence-corrected chi connectivity index (χ3v) is 6.70. The van der Waals surface area contributed by atoms with Crippen LogP contribution in [0.15, 0.2) is 16.7 Å². The zero-order valence-electron chi connectivity index (χ0n) is 14.4. The van der Waals surface area contributed by atoms with E-state index in [1.807, 2.05) is 0 Å². The molecule has 0 spiro atoms. The van der Waals surface area contributed by atoms with Gasteiger partial charge in [-0.25, -0.2) is 0 Å². The van der Waals surface area contributed by atoms with Gasteiger partial charge in [0.25, 0.3) is 5.52 Å². The molecule has 0 unspecified atom stereocenters. The Morgan fingerprint density at radius 1 is 0.958 bits per heavy atom. The van der Waals surface area contributed by atoms with Crippen LogP contribution in [0.25, 0.3) is 0 Å². The van der Waals surface area contributed by atoms with Gasteiger partial charge in [0.05, 0.1) is 32.0 Å². The van der Waals surface area contributed by atoms with Crippen molar-refractivity contribution in [3.63, 3.8) is 0 Å². The lowest BCUT2D eigenvalue weighted by atomic mass is 10.3. The maximum atomic E-state index is 12.5. The fourth-order valence-electron chi connectivity index (χ4n) is 1.94. The van der Waals surface area contributed by atoms with Gasteiger partial charge < -0.3 is 22.5 Å². The van der Waals surface area contributed by atoms with Crippen molar-refractivity contribution in [2.75, 3.05) is 26.4 Å². The van der Waals surface area contributed by atoms with E-state index in [0.29, 0.717) is 0 Å². The van der Waals surface area contributed by atoms with Crippen LogP contribution in [0.1, 0.15) is 43.8 Å². The summed E-state index contributed by atoms with van der Waals surface area (Å²) in [5.74, 6) is 0.225. The molecular weight excluding hydrogens is 358 g/mol. The van der Waals surface area contributed by atoms with Crippen LogP contribution in [0.3, 0.4) is 0 Å². The number of rotatable bonds is 12. The fraction of sp³-hybridized carbons (Fsp3) is 0.643. The van der Waals surface area contributed by atoms with Crippen molar-refractivity contribution in [3.8, 4) is 0 Å². The first-order valence-corrected chi connectivity index (χ1v) is 11.0. The minimum Gasteiger partial charge on any atom is -0.468 e. The Balaban J connectivity index is 2.97. The number of carbonyl (C=O) groups is 1. The second kappa shape index (κ2) is 9.66. The Labute approximate surface area is 141 Å². The van der Waals surface area contributed by atoms with Crippen LogP contribution in [0.2, 0.25) is 0 Å². The summed E-state index contributed by atoms with van der Waals surface area (Å²) in [6, 6.07) is 1.34. The zero-order valence-corrected chi connectivity index (χ0v) is 16.1. The molecule has 24 heavy (non-hydrogen) atoms. The summed E-state index contributed by atoms with van der Waals surface area (Å²) >= 11 is 0. The number of hydrogen-bond donors (Lipinski definition) is 0. The van der Waals surface area contributed by atoms with Crippen LogP contribution < -0.4 is 0 Å². The summed E-state index contributed by atoms with van der Waals surface area (Å²) in [7, 11) is -7.29. The lowest BCUT2D eigenvalue weighted by Gasteiger charge is -2.15. The first-order chi connectivity index (χ1) is 11.3. The van der Waals surface area contributed by atoms with Gasteiger partial charge in [-0.3, -0.25) is 13.9 Å². The Bertz CT molecular complexity index is 604. The Morgan fingerprint density at radius 3 is 1.92 bits per heavy atom. The Hall–Kier alpha value is -0.750. The molecule has 8 nitrogen and oxygen atoms in total. The predicted molar refractivity (Wildman–Crippen MR) is 88.5 cm³/mol. The number of carbonyl (C=O) groups excluding carboxylic acids is 1. The van der Waals surface area contributed by atoms with Gasteiger partial charge in [-0.1, -0.05) is 0 Å². The lowest BCUT2D eigenvalue weighted by molar-refractivity contribution is 0.100. The summed E-state index contributed by atoms with van der Waals surface area (Å²) < 4.78 is 50.6. The smallest absolute Gasteiger partial charge is 0.401 e. The van der Waals surface area contributed by atoms with Gasteiger partial charge in [-0.05, 0) is 33.8 Å². The first kappa shape index (κ1) is 21.3. The van der Waals surface area contributed by atoms with Crippen LogP contribution >= 0.6 is 15.2 Å². The molecule has 10 heteroatoms. The van der Waals surface area contributed by atoms with Crippen LogP contribution in [-0.2, 0) is 33.4 Å². The van der Waals surface area contributed by atoms with Crippen molar-refractivity contribution in [1.29, 1.82) is 0 Å². The van der Waals surface area contributed by atoms with E-state index in [-0.39, 0.29) is 43.9 Å². The van der Waals surface area contributed by atoms with E-state index in [4.69, 9.17) is 22.5 Å². The largest absolute Gasteiger partial charge is 0.468 e. The predicted octanol–water partition coefficient (Wildman–Crippen LogP) is 4.45. The molecule has 1 aromatic rings. The summed E-state index contributed by atoms with van der Waals surface area (Å²) in [5.41, 5.74) is -0.779. The molecule has 0 aliphatic heterocycles. The summed E-state index contributed by atoms with van der Waals surface area (Å²) in [5, 5.41) is 0. The maximum Gasteiger partial charge on any atom is 0.401 e. The second-order valence-corrected chi connectivity index (χ2v) is 8.52. The molecule has 1 aromatic heterocycles. The first-order valence-electron chi connectivity index (χ1n) is 7.73. The average Bonchev–Trinajstić information content (AvgIpc) is 2.95. The second-order valence-electron chi connectivity index (χ2n) is 4.54. The molecule has 0 aliphatic rings. The molecule has 0 aliphatic carbocycles. The van der Waals surface area contributed by atoms with Crippen molar-refractivity contribution >= 4 is 20.7 Å². The van der Waals surface area contributed by atoms with Gasteiger partial charge in [0, 0.05) is 0 Å². The Kier molecular flexibility index (Phi) is 8.57. The normalized spacial score (nSPS) is 12.5. The quantitative estimate of drug-likeness (QED) is 0.489. The third-order valence-electron chi connectivity index (χ3n) is 2.75. The van der Waals surface area contributed by atoms with Crippen molar-refractivity contribution in [3.05, 3.63) is 23.7 Å². The molecule has 1 rings (SSSR count). The zero-order chi connectivity index (χ0) is 18.2. The van der Waals surface area contributed by atoms with Crippen molar-refractivity contribution in [2.45, 2.75) is 33.9 Å². The Morgan fingerprint density at radius 2 is 1.46 bits per heavy atom. The van der Waals surface area contributed by atoms with Crippen LogP contribution in [0.5, 0.6) is 0 Å². The van der Waals surface area contributed by atoms with Gasteiger partial charge in [-0.15, -0.1) is 0 Å². The molecule has 0 fully saturated rings. The molecule has 0 atom stereocenters. The van der Waals surface area contributed by atoms with Crippen molar-refractivity contribution in [2.24, 2.45) is 0 Å². The summed E-state index contributed by atoms with van der Waals surface area (Å²) in [4.78, 5) is 12.4. The SMILES string of the molecule is CCOP(=O)(Cc1cc(C(=O)P(=O)(OCC)OCC)co1)OCC. The van der Waals surface area contributed by atoms with Gasteiger partial charge >= 0.3 is 15.2 Å². The summed E-state index contributed by atoms with van der Waals surface area (Å²) in [6.45, 7) is 7.18. The van der Waals surface area contributed by atoms with Crippen LogP contribution in [0, 0.1) is 0 Å². The highest BCUT2D eigenvalue weighted by Gasteiger charge is 2.36. The van der Waals surface area contributed by atoms with Crippen LogP contribution in [-0.4, -0.2) is 32.0 Å². The monoisotopic (exact) mass is 382 g/mol. The van der Waals surface area contributed by atoms with Gasteiger partial charge in [0.1, 0.15) is 18.2 Å². The number of hydrogen-bond acceptors (Lipinski definition) is 8. The van der Waals surface area contributed by atoms with E-state index < -0.39 is 20.7 Å². The molecule has 0 radical (unpaired) electrons. The number of furan rings is 1. The van der Waals surface area contributed by atoms with Crippen molar-refractivity contribution in [1.82, 2.24) is 0 Å². The summed E-state index contributed by atoms with van der Waals surface area (Å²) in [6.07, 6.45) is 1.00. The van der Waals surface area contributed by atoms with Gasteiger partial charge in [0.15, 0.2) is 0 Å². The van der Waals surface area contributed by atoms with Crippen LogP contribution in [0.4, 0.5) is 0 Å². The molecule has 0 N–H and O–H groups in total. The minimum atomic E-state index is -3.93. The molecule has 0 saturated heterocycles.